The van der Waals surface area contributed by atoms with E-state index in [0.717, 1.165) is 27.6 Å². The summed E-state index contributed by atoms with van der Waals surface area (Å²) in [6.07, 6.45) is 0.958. The molecule has 0 fully saturated rings. The lowest BCUT2D eigenvalue weighted by atomic mass is 9.98. The van der Waals surface area contributed by atoms with Gasteiger partial charge >= 0.3 is 0 Å². The third-order valence-corrected chi connectivity index (χ3v) is 2.85. The minimum absolute atomic E-state index is 0.0403. The molecule has 0 aromatic heterocycles. The molecule has 0 heterocycles. The molecule has 13 heavy (non-hydrogen) atoms. The van der Waals surface area contributed by atoms with Gasteiger partial charge < -0.3 is 4.79 Å². The molecule has 1 atom stereocenters. The highest BCUT2D eigenvalue weighted by atomic mass is 79.9. The number of aldehydes is 1. The van der Waals surface area contributed by atoms with Crippen molar-refractivity contribution in [1.82, 2.24) is 0 Å². The van der Waals surface area contributed by atoms with E-state index in [1.165, 1.54) is 0 Å². The fourth-order valence-corrected chi connectivity index (χ4v) is 1.94. The molecule has 0 saturated heterocycles. The second kappa shape index (κ2) is 4.82. The van der Waals surface area contributed by atoms with Crippen molar-refractivity contribution >= 4 is 34.8 Å². The molecule has 0 amide bonds. The lowest BCUT2D eigenvalue weighted by Crippen LogP contribution is -1.98. The van der Waals surface area contributed by atoms with E-state index in [4.69, 9.17) is 0 Å². The van der Waals surface area contributed by atoms with Crippen molar-refractivity contribution in [2.75, 3.05) is 0 Å². The molecular formula is C10H11BrOS. The van der Waals surface area contributed by atoms with Gasteiger partial charge in [-0.3, -0.25) is 0 Å². The van der Waals surface area contributed by atoms with Crippen LogP contribution >= 0.6 is 28.6 Å². The van der Waals surface area contributed by atoms with Crippen LogP contribution in [0.2, 0.25) is 0 Å². The Hall–Kier alpha value is -0.280. The van der Waals surface area contributed by atoms with Gasteiger partial charge in [0.25, 0.3) is 0 Å². The Kier molecular flexibility index (Phi) is 4.00. The molecule has 1 unspecified atom stereocenters. The maximum atomic E-state index is 10.6. The van der Waals surface area contributed by atoms with E-state index in [1.807, 2.05) is 25.1 Å². The van der Waals surface area contributed by atoms with E-state index in [-0.39, 0.29) is 5.92 Å². The van der Waals surface area contributed by atoms with E-state index < -0.39 is 0 Å². The smallest absolute Gasteiger partial charge is 0.127 e. The number of hydrogen-bond donors (Lipinski definition) is 1. The summed E-state index contributed by atoms with van der Waals surface area (Å²) in [5.74, 6) is -0.0403. The number of carbonyl (C=O) groups is 1. The minimum atomic E-state index is -0.0403. The number of carbonyl (C=O) groups excluding carboxylic acids is 1. The van der Waals surface area contributed by atoms with Gasteiger partial charge in [0.1, 0.15) is 6.29 Å². The number of thiol groups is 1. The van der Waals surface area contributed by atoms with Crippen molar-refractivity contribution in [2.45, 2.75) is 23.1 Å². The number of rotatable bonds is 3. The minimum Gasteiger partial charge on any atom is -0.303 e. The van der Waals surface area contributed by atoms with Crippen molar-refractivity contribution < 1.29 is 4.79 Å². The van der Waals surface area contributed by atoms with Crippen molar-refractivity contribution in [3.63, 3.8) is 0 Å². The lowest BCUT2D eigenvalue weighted by Gasteiger charge is -2.09. The first-order chi connectivity index (χ1) is 6.19. The molecule has 1 aromatic rings. The number of alkyl halides is 1. The Morgan fingerprint density at radius 3 is 2.85 bits per heavy atom. The summed E-state index contributed by atoms with van der Waals surface area (Å²) in [6.45, 7) is 1.90. The Bertz CT molecular complexity index is 312. The molecule has 0 aliphatic rings. The standard InChI is InChI=1S/C10H11BrOS/c1-7(6-12)10-3-2-9(13)4-8(10)5-11/h2-4,6-7,13H,5H2,1H3. The molecule has 1 nitrogen and oxygen atoms in total. The summed E-state index contributed by atoms with van der Waals surface area (Å²) in [5, 5.41) is 0.759. The van der Waals surface area contributed by atoms with Crippen LogP contribution < -0.4 is 0 Å². The zero-order valence-corrected chi connectivity index (χ0v) is 9.81. The van der Waals surface area contributed by atoms with Crippen LogP contribution in [0, 0.1) is 0 Å². The first kappa shape index (κ1) is 10.8. The van der Waals surface area contributed by atoms with Gasteiger partial charge in [0.2, 0.25) is 0 Å². The Balaban J connectivity index is 3.12. The van der Waals surface area contributed by atoms with E-state index in [2.05, 4.69) is 28.6 Å². The van der Waals surface area contributed by atoms with Gasteiger partial charge in [0, 0.05) is 16.1 Å². The maximum absolute atomic E-state index is 10.6. The van der Waals surface area contributed by atoms with Crippen molar-refractivity contribution in [3.05, 3.63) is 29.3 Å². The molecule has 0 bridgehead atoms. The van der Waals surface area contributed by atoms with Crippen molar-refractivity contribution in [1.29, 1.82) is 0 Å². The number of benzene rings is 1. The summed E-state index contributed by atoms with van der Waals surface area (Å²) in [6, 6.07) is 5.84. The SMILES string of the molecule is CC(C=O)c1ccc(S)cc1CBr. The third kappa shape index (κ3) is 2.58. The summed E-state index contributed by atoms with van der Waals surface area (Å²) < 4.78 is 0. The summed E-state index contributed by atoms with van der Waals surface area (Å²) in [4.78, 5) is 11.6. The summed E-state index contributed by atoms with van der Waals surface area (Å²) in [5.41, 5.74) is 2.21. The Labute approximate surface area is 92.1 Å². The Morgan fingerprint density at radius 2 is 2.31 bits per heavy atom. The van der Waals surface area contributed by atoms with E-state index in [9.17, 15) is 4.79 Å². The number of halogens is 1. The van der Waals surface area contributed by atoms with Crippen LogP contribution in [0.25, 0.3) is 0 Å². The van der Waals surface area contributed by atoms with Crippen molar-refractivity contribution in [3.8, 4) is 0 Å². The van der Waals surface area contributed by atoms with Crippen LogP contribution in [-0.4, -0.2) is 6.29 Å². The van der Waals surface area contributed by atoms with Crippen LogP contribution in [0.3, 0.4) is 0 Å². The molecule has 3 heteroatoms. The fraction of sp³-hybridized carbons (Fsp3) is 0.300. The monoisotopic (exact) mass is 258 g/mol. The maximum Gasteiger partial charge on any atom is 0.127 e. The topological polar surface area (TPSA) is 17.1 Å². The van der Waals surface area contributed by atoms with Gasteiger partial charge in [0.15, 0.2) is 0 Å². The molecule has 0 aliphatic carbocycles. The molecular weight excluding hydrogens is 248 g/mol. The highest BCUT2D eigenvalue weighted by molar-refractivity contribution is 9.08. The second-order valence-electron chi connectivity index (χ2n) is 2.94. The third-order valence-electron chi connectivity index (χ3n) is 1.97. The average Bonchev–Trinajstić information content (AvgIpc) is 2.16. The van der Waals surface area contributed by atoms with Gasteiger partial charge in [-0.2, -0.15) is 0 Å². The van der Waals surface area contributed by atoms with Crippen LogP contribution in [-0.2, 0) is 10.1 Å². The molecule has 0 aliphatic heterocycles. The van der Waals surface area contributed by atoms with Gasteiger partial charge in [-0.15, -0.1) is 12.6 Å². The molecule has 1 rings (SSSR count). The molecule has 1 aromatic carbocycles. The molecule has 0 N–H and O–H groups in total. The van der Waals surface area contributed by atoms with Crippen LogP contribution in [0.1, 0.15) is 24.0 Å². The van der Waals surface area contributed by atoms with Crippen LogP contribution in [0.15, 0.2) is 23.1 Å². The lowest BCUT2D eigenvalue weighted by molar-refractivity contribution is -0.108. The van der Waals surface area contributed by atoms with Gasteiger partial charge in [0.05, 0.1) is 0 Å². The van der Waals surface area contributed by atoms with E-state index in [1.54, 1.807) is 0 Å². The predicted molar refractivity (Wildman–Crippen MR) is 60.8 cm³/mol. The van der Waals surface area contributed by atoms with Gasteiger partial charge in [-0.1, -0.05) is 28.9 Å². The zero-order chi connectivity index (χ0) is 9.84. The molecule has 0 saturated carbocycles. The first-order valence-corrected chi connectivity index (χ1v) is 5.59. The van der Waals surface area contributed by atoms with Gasteiger partial charge in [-0.25, -0.2) is 0 Å². The normalized spacial score (nSPS) is 12.5. The van der Waals surface area contributed by atoms with Crippen molar-refractivity contribution in [2.24, 2.45) is 0 Å². The van der Waals surface area contributed by atoms with Gasteiger partial charge in [-0.05, 0) is 23.3 Å². The zero-order valence-electron chi connectivity index (χ0n) is 7.33. The highest BCUT2D eigenvalue weighted by Crippen LogP contribution is 2.23. The molecule has 0 radical (unpaired) electrons. The largest absolute Gasteiger partial charge is 0.303 e. The first-order valence-electron chi connectivity index (χ1n) is 4.02. The fourth-order valence-electron chi connectivity index (χ4n) is 1.23. The molecule has 70 valence electrons. The summed E-state index contributed by atoms with van der Waals surface area (Å²) >= 11 is 7.63. The highest BCUT2D eigenvalue weighted by Gasteiger charge is 2.08. The van der Waals surface area contributed by atoms with E-state index in [0.29, 0.717) is 0 Å². The Morgan fingerprint density at radius 1 is 1.62 bits per heavy atom. The summed E-state index contributed by atoms with van der Waals surface area (Å²) in [7, 11) is 0. The second-order valence-corrected chi connectivity index (χ2v) is 4.02. The predicted octanol–water partition coefficient (Wildman–Crippen LogP) is 3.17. The van der Waals surface area contributed by atoms with Crippen LogP contribution in [0.5, 0.6) is 0 Å². The van der Waals surface area contributed by atoms with Crippen LogP contribution in [0.4, 0.5) is 0 Å². The quantitative estimate of drug-likeness (QED) is 0.501. The van der Waals surface area contributed by atoms with E-state index >= 15 is 0 Å². The molecule has 0 spiro atoms. The average molecular weight is 259 g/mol. The number of hydrogen-bond acceptors (Lipinski definition) is 2.